The van der Waals surface area contributed by atoms with E-state index in [9.17, 15) is 4.79 Å². The summed E-state index contributed by atoms with van der Waals surface area (Å²) in [6, 6.07) is 15.0. The molecule has 0 aliphatic carbocycles. The highest BCUT2D eigenvalue weighted by molar-refractivity contribution is 6.01. The van der Waals surface area contributed by atoms with Crippen molar-refractivity contribution in [3.63, 3.8) is 0 Å². The maximum atomic E-state index is 12.2. The summed E-state index contributed by atoms with van der Waals surface area (Å²) in [6.07, 6.45) is 1.80. The summed E-state index contributed by atoms with van der Waals surface area (Å²) in [5, 5.41) is 0.940. The van der Waals surface area contributed by atoms with Crippen molar-refractivity contribution < 1.29 is 18.7 Å². The molecule has 130 valence electrons. The average Bonchev–Trinajstić information content (AvgIpc) is 3.31. The lowest BCUT2D eigenvalue weighted by atomic mass is 10.1. The average molecular weight is 348 g/mol. The second kappa shape index (κ2) is 6.40. The van der Waals surface area contributed by atoms with Gasteiger partial charge in [0.15, 0.2) is 11.5 Å². The number of methoxy groups -OCH3 is 2. The van der Waals surface area contributed by atoms with Crippen LogP contribution in [0.4, 0.5) is 0 Å². The fraction of sp³-hybridized carbons (Fsp3) is 0.100. The van der Waals surface area contributed by atoms with E-state index in [2.05, 4.69) is 9.97 Å². The minimum Gasteiger partial charge on any atom is -0.497 e. The Morgan fingerprint density at radius 1 is 1.08 bits per heavy atom. The number of aromatic nitrogens is 2. The molecule has 6 heteroatoms. The monoisotopic (exact) mass is 348 g/mol. The number of H-pyrrole nitrogens is 1. The molecule has 4 rings (SSSR count). The van der Waals surface area contributed by atoms with Gasteiger partial charge in [0.05, 0.1) is 14.2 Å². The smallest absolute Gasteiger partial charge is 0.360 e. The van der Waals surface area contributed by atoms with Gasteiger partial charge < -0.3 is 18.9 Å². The van der Waals surface area contributed by atoms with Crippen molar-refractivity contribution in [3.05, 3.63) is 60.4 Å². The molecule has 0 aliphatic heterocycles. The van der Waals surface area contributed by atoms with Gasteiger partial charge in [-0.2, -0.15) is 0 Å². The molecule has 0 saturated heterocycles. The topological polar surface area (TPSA) is 77.3 Å². The largest absolute Gasteiger partial charge is 0.497 e. The normalized spacial score (nSPS) is 10.8. The Morgan fingerprint density at radius 3 is 2.58 bits per heavy atom. The van der Waals surface area contributed by atoms with Crippen LogP contribution in [-0.2, 0) is 4.74 Å². The Kier molecular flexibility index (Phi) is 3.93. The summed E-state index contributed by atoms with van der Waals surface area (Å²) < 4.78 is 16.0. The minimum atomic E-state index is -0.547. The number of ether oxygens (including phenoxy) is 2. The van der Waals surface area contributed by atoms with Gasteiger partial charge in [-0.05, 0) is 30.3 Å². The number of esters is 1. The van der Waals surface area contributed by atoms with Gasteiger partial charge in [0, 0.05) is 28.2 Å². The second-order valence-corrected chi connectivity index (χ2v) is 5.66. The van der Waals surface area contributed by atoms with Crippen molar-refractivity contribution in [2.45, 2.75) is 0 Å². The molecule has 1 N–H and O–H groups in total. The zero-order valence-electron chi connectivity index (χ0n) is 14.3. The molecule has 0 radical (unpaired) electrons. The number of carbonyl (C=O) groups is 1. The Morgan fingerprint density at radius 2 is 1.85 bits per heavy atom. The molecule has 0 bridgehead atoms. The van der Waals surface area contributed by atoms with Gasteiger partial charge >= 0.3 is 5.97 Å². The third kappa shape index (κ3) is 2.61. The van der Waals surface area contributed by atoms with E-state index in [0.717, 1.165) is 27.8 Å². The van der Waals surface area contributed by atoms with Gasteiger partial charge in [-0.25, -0.2) is 9.78 Å². The molecular formula is C20H16N2O4. The van der Waals surface area contributed by atoms with Crippen LogP contribution in [0.3, 0.4) is 0 Å². The second-order valence-electron chi connectivity index (χ2n) is 5.66. The summed E-state index contributed by atoms with van der Waals surface area (Å²) in [7, 11) is 2.92. The van der Waals surface area contributed by atoms with Crippen molar-refractivity contribution in [2.24, 2.45) is 0 Å². The predicted octanol–water partition coefficient (Wildman–Crippen LogP) is 4.29. The van der Waals surface area contributed by atoms with E-state index in [-0.39, 0.29) is 5.69 Å². The number of nitrogens with zero attached hydrogens (tertiary/aromatic N) is 1. The zero-order valence-corrected chi connectivity index (χ0v) is 14.3. The number of para-hydroxylation sites is 1. The molecule has 0 fully saturated rings. The number of aromatic amines is 1. The standard InChI is InChI=1S/C20H16N2O4/c1-24-13-9-7-12(8-10-13)19-22-17(20(23)25-2)18(26-19)15-11-21-16-6-4-3-5-14(15)16/h3-11,21H,1-2H3. The van der Waals surface area contributed by atoms with Gasteiger partial charge in [-0.1, -0.05) is 18.2 Å². The number of hydrogen-bond acceptors (Lipinski definition) is 5. The zero-order chi connectivity index (χ0) is 18.1. The number of nitrogens with one attached hydrogen (secondary N) is 1. The summed E-state index contributed by atoms with van der Waals surface area (Å²) in [5.41, 5.74) is 2.58. The molecule has 2 aromatic heterocycles. The van der Waals surface area contributed by atoms with Crippen LogP contribution in [-0.4, -0.2) is 30.2 Å². The van der Waals surface area contributed by atoms with Crippen molar-refractivity contribution >= 4 is 16.9 Å². The number of fused-ring (bicyclic) bond motifs is 1. The van der Waals surface area contributed by atoms with E-state index < -0.39 is 5.97 Å². The van der Waals surface area contributed by atoms with Crippen LogP contribution in [0.5, 0.6) is 5.75 Å². The van der Waals surface area contributed by atoms with Crippen molar-refractivity contribution in [2.75, 3.05) is 14.2 Å². The third-order valence-electron chi connectivity index (χ3n) is 4.18. The highest BCUT2D eigenvalue weighted by Gasteiger charge is 2.24. The van der Waals surface area contributed by atoms with Crippen LogP contribution >= 0.6 is 0 Å². The Hall–Kier alpha value is -3.54. The van der Waals surface area contributed by atoms with E-state index in [1.807, 2.05) is 48.5 Å². The van der Waals surface area contributed by atoms with Gasteiger partial charge in [-0.15, -0.1) is 0 Å². The SMILES string of the molecule is COC(=O)c1nc(-c2ccc(OC)cc2)oc1-c1c[nH]c2ccccc12. The fourth-order valence-electron chi connectivity index (χ4n) is 2.85. The molecule has 26 heavy (non-hydrogen) atoms. The Labute approximate surface area is 149 Å². The molecule has 0 unspecified atom stereocenters. The first-order valence-corrected chi connectivity index (χ1v) is 8.01. The lowest BCUT2D eigenvalue weighted by Crippen LogP contribution is -2.03. The molecule has 0 atom stereocenters. The summed E-state index contributed by atoms with van der Waals surface area (Å²) in [5.74, 6) is 0.896. The first kappa shape index (κ1) is 16.0. The first-order chi connectivity index (χ1) is 12.7. The van der Waals surface area contributed by atoms with Crippen molar-refractivity contribution in [3.8, 4) is 28.5 Å². The molecule has 0 amide bonds. The maximum absolute atomic E-state index is 12.2. The molecule has 4 aromatic rings. The molecule has 0 aliphatic rings. The van der Waals surface area contributed by atoms with Crippen LogP contribution in [0.15, 0.2) is 59.1 Å². The number of carbonyl (C=O) groups excluding carboxylic acids is 1. The molecule has 0 saturated carbocycles. The maximum Gasteiger partial charge on any atom is 0.360 e. The Bertz CT molecular complexity index is 1080. The van der Waals surface area contributed by atoms with Crippen molar-refractivity contribution in [1.82, 2.24) is 9.97 Å². The first-order valence-electron chi connectivity index (χ1n) is 8.01. The number of benzene rings is 2. The number of hydrogen-bond donors (Lipinski definition) is 1. The van der Waals surface area contributed by atoms with E-state index in [0.29, 0.717) is 11.7 Å². The highest BCUT2D eigenvalue weighted by Crippen LogP contribution is 2.35. The minimum absolute atomic E-state index is 0.142. The molecular weight excluding hydrogens is 332 g/mol. The number of rotatable bonds is 4. The summed E-state index contributed by atoms with van der Waals surface area (Å²) in [6.45, 7) is 0. The molecule has 2 aromatic carbocycles. The Balaban J connectivity index is 1.88. The van der Waals surface area contributed by atoms with Gasteiger partial charge in [0.1, 0.15) is 5.75 Å². The van der Waals surface area contributed by atoms with Crippen LogP contribution < -0.4 is 4.74 Å². The lowest BCUT2D eigenvalue weighted by Gasteiger charge is -2.00. The van der Waals surface area contributed by atoms with Crippen LogP contribution in [0.25, 0.3) is 33.7 Å². The van der Waals surface area contributed by atoms with E-state index in [1.165, 1.54) is 7.11 Å². The summed E-state index contributed by atoms with van der Waals surface area (Å²) in [4.78, 5) is 19.8. The fourth-order valence-corrected chi connectivity index (χ4v) is 2.85. The van der Waals surface area contributed by atoms with Crippen LogP contribution in [0.1, 0.15) is 10.5 Å². The molecule has 2 heterocycles. The van der Waals surface area contributed by atoms with Gasteiger partial charge in [-0.3, -0.25) is 0 Å². The van der Waals surface area contributed by atoms with Gasteiger partial charge in [0.25, 0.3) is 0 Å². The lowest BCUT2D eigenvalue weighted by molar-refractivity contribution is 0.0595. The van der Waals surface area contributed by atoms with Crippen LogP contribution in [0.2, 0.25) is 0 Å². The predicted molar refractivity (Wildman–Crippen MR) is 97.1 cm³/mol. The highest BCUT2D eigenvalue weighted by atomic mass is 16.5. The van der Waals surface area contributed by atoms with E-state index in [1.54, 1.807) is 13.3 Å². The third-order valence-corrected chi connectivity index (χ3v) is 4.18. The molecule has 0 spiro atoms. The summed E-state index contributed by atoms with van der Waals surface area (Å²) >= 11 is 0. The van der Waals surface area contributed by atoms with E-state index >= 15 is 0 Å². The number of oxazole rings is 1. The van der Waals surface area contributed by atoms with Crippen LogP contribution in [0, 0.1) is 0 Å². The van der Waals surface area contributed by atoms with Crippen molar-refractivity contribution in [1.29, 1.82) is 0 Å². The van der Waals surface area contributed by atoms with Gasteiger partial charge in [0.2, 0.25) is 5.89 Å². The quantitative estimate of drug-likeness (QED) is 0.557. The molecule has 6 nitrogen and oxygen atoms in total. The van der Waals surface area contributed by atoms with E-state index in [4.69, 9.17) is 13.9 Å².